The number of ether oxygens (including phenoxy) is 2. The van der Waals surface area contributed by atoms with Crippen molar-refractivity contribution in [2.24, 2.45) is 16.0 Å². The summed E-state index contributed by atoms with van der Waals surface area (Å²) in [5.74, 6) is 1.03. The van der Waals surface area contributed by atoms with Crippen molar-refractivity contribution in [1.82, 2.24) is 15.0 Å². The van der Waals surface area contributed by atoms with Gasteiger partial charge in [-0.2, -0.15) is 5.10 Å². The Morgan fingerprint density at radius 2 is 1.97 bits per heavy atom. The van der Waals surface area contributed by atoms with Crippen LogP contribution in [0, 0.1) is 5.92 Å². The van der Waals surface area contributed by atoms with Crippen LogP contribution in [-0.4, -0.2) is 80.7 Å². The summed E-state index contributed by atoms with van der Waals surface area (Å²) in [5.41, 5.74) is 4.03. The number of aliphatic imine (C=N–C) groups is 1. The van der Waals surface area contributed by atoms with Gasteiger partial charge in [-0.05, 0) is 36.4 Å². The molecule has 0 bridgehead atoms. The molecule has 8 nitrogen and oxygen atoms in total. The van der Waals surface area contributed by atoms with Crippen LogP contribution in [0.3, 0.4) is 0 Å². The molecule has 3 aliphatic rings. The average molecular weight is 491 g/mol. The number of hydrazone groups is 1. The van der Waals surface area contributed by atoms with Gasteiger partial charge in [-0.1, -0.05) is 19.6 Å². The van der Waals surface area contributed by atoms with Gasteiger partial charge in [-0.15, -0.1) is 0 Å². The SMILES string of the molecule is COC1CN(c2cc(C3=NN(COCC[Si](C)(C)C)C4C=NC(c5cccnc5)=CC34)ccn2)C1. The third kappa shape index (κ3) is 5.37. The summed E-state index contributed by atoms with van der Waals surface area (Å²) in [6, 6.07) is 9.33. The first kappa shape index (κ1) is 23.8. The molecular weight excluding hydrogens is 456 g/mol. The van der Waals surface area contributed by atoms with E-state index in [2.05, 4.69) is 46.7 Å². The Hall–Kier alpha value is -2.88. The largest absolute Gasteiger partial charge is 0.378 e. The van der Waals surface area contributed by atoms with E-state index in [1.165, 1.54) is 0 Å². The molecule has 2 atom stereocenters. The Balaban J connectivity index is 1.40. The Morgan fingerprint density at radius 1 is 1.11 bits per heavy atom. The third-order valence-electron chi connectivity index (χ3n) is 6.69. The molecule has 1 fully saturated rings. The van der Waals surface area contributed by atoms with Gasteiger partial charge in [-0.3, -0.25) is 15.0 Å². The molecule has 184 valence electrons. The molecular formula is C26H34N6O2Si. The van der Waals surface area contributed by atoms with Crippen LogP contribution in [-0.2, 0) is 9.47 Å². The molecule has 2 unspecified atom stereocenters. The van der Waals surface area contributed by atoms with Crippen LogP contribution in [0.5, 0.6) is 0 Å². The Kier molecular flexibility index (Phi) is 6.81. The van der Waals surface area contributed by atoms with E-state index in [-0.39, 0.29) is 18.1 Å². The van der Waals surface area contributed by atoms with Crippen LogP contribution in [0.4, 0.5) is 5.82 Å². The van der Waals surface area contributed by atoms with E-state index >= 15 is 0 Å². The van der Waals surface area contributed by atoms with E-state index < -0.39 is 8.07 Å². The van der Waals surface area contributed by atoms with Gasteiger partial charge in [0.15, 0.2) is 0 Å². The molecule has 0 amide bonds. The van der Waals surface area contributed by atoms with E-state index in [1.807, 2.05) is 41.8 Å². The molecule has 2 aromatic rings. The molecule has 1 saturated heterocycles. The highest BCUT2D eigenvalue weighted by Gasteiger charge is 2.38. The summed E-state index contributed by atoms with van der Waals surface area (Å²) in [4.78, 5) is 15.9. The fourth-order valence-corrected chi connectivity index (χ4v) is 5.20. The molecule has 5 rings (SSSR count). The number of rotatable bonds is 9. The average Bonchev–Trinajstić information content (AvgIpc) is 3.19. The van der Waals surface area contributed by atoms with Crippen LogP contribution in [0.25, 0.3) is 5.70 Å². The van der Waals surface area contributed by atoms with Gasteiger partial charge in [0, 0.05) is 70.8 Å². The lowest BCUT2D eigenvalue weighted by Gasteiger charge is -2.39. The lowest BCUT2D eigenvalue weighted by molar-refractivity contribution is 0.0307. The van der Waals surface area contributed by atoms with Crippen molar-refractivity contribution in [3.8, 4) is 0 Å². The van der Waals surface area contributed by atoms with E-state index in [0.29, 0.717) is 6.73 Å². The number of nitrogens with zero attached hydrogens (tertiary/aromatic N) is 6. The van der Waals surface area contributed by atoms with Gasteiger partial charge in [0.1, 0.15) is 12.5 Å². The van der Waals surface area contributed by atoms with Gasteiger partial charge in [-0.25, -0.2) is 4.98 Å². The van der Waals surface area contributed by atoms with Crippen LogP contribution in [0.15, 0.2) is 59.0 Å². The molecule has 0 aromatic carbocycles. The Morgan fingerprint density at radius 3 is 2.71 bits per heavy atom. The molecule has 0 saturated carbocycles. The first-order valence-corrected chi connectivity index (χ1v) is 16.0. The van der Waals surface area contributed by atoms with E-state index in [4.69, 9.17) is 19.6 Å². The van der Waals surface area contributed by atoms with Crippen LogP contribution in [0.2, 0.25) is 25.7 Å². The van der Waals surface area contributed by atoms with E-state index in [0.717, 1.165) is 54.1 Å². The molecule has 0 N–H and O–H groups in total. The van der Waals surface area contributed by atoms with Gasteiger partial charge in [0.25, 0.3) is 0 Å². The predicted molar refractivity (Wildman–Crippen MR) is 143 cm³/mol. The number of hydrogen-bond donors (Lipinski definition) is 0. The molecule has 3 aliphatic heterocycles. The van der Waals surface area contributed by atoms with Gasteiger partial charge < -0.3 is 14.4 Å². The van der Waals surface area contributed by atoms with Crippen molar-refractivity contribution in [1.29, 1.82) is 0 Å². The summed E-state index contributed by atoms with van der Waals surface area (Å²) in [5, 5.41) is 7.09. The van der Waals surface area contributed by atoms with Gasteiger partial charge in [0.05, 0.1) is 29.5 Å². The highest BCUT2D eigenvalue weighted by molar-refractivity contribution is 6.76. The number of aromatic nitrogens is 2. The van der Waals surface area contributed by atoms with E-state index in [1.54, 1.807) is 13.3 Å². The first-order valence-electron chi connectivity index (χ1n) is 12.2. The van der Waals surface area contributed by atoms with Crippen molar-refractivity contribution in [2.75, 3.05) is 38.4 Å². The summed E-state index contributed by atoms with van der Waals surface area (Å²) in [6.07, 6.45) is 10.0. The highest BCUT2D eigenvalue weighted by Crippen LogP contribution is 2.33. The smallest absolute Gasteiger partial charge is 0.135 e. The number of hydrogen-bond acceptors (Lipinski definition) is 8. The third-order valence-corrected chi connectivity index (χ3v) is 8.40. The second-order valence-electron chi connectivity index (χ2n) is 10.5. The minimum absolute atomic E-state index is 0.0239. The fourth-order valence-electron chi connectivity index (χ4n) is 4.45. The van der Waals surface area contributed by atoms with Crippen LogP contribution >= 0.6 is 0 Å². The molecule has 2 aromatic heterocycles. The maximum atomic E-state index is 6.08. The first-order chi connectivity index (χ1) is 16.9. The topological polar surface area (TPSA) is 75.4 Å². The number of methoxy groups -OCH3 is 1. The quantitative estimate of drug-likeness (QED) is 0.394. The zero-order chi connectivity index (χ0) is 24.4. The molecule has 9 heteroatoms. The van der Waals surface area contributed by atoms with Crippen molar-refractivity contribution in [3.05, 3.63) is 60.1 Å². The van der Waals surface area contributed by atoms with Crippen molar-refractivity contribution in [2.45, 2.75) is 37.8 Å². The molecule has 0 radical (unpaired) electrons. The Labute approximate surface area is 208 Å². The predicted octanol–water partition coefficient (Wildman–Crippen LogP) is 3.75. The minimum Gasteiger partial charge on any atom is -0.378 e. The summed E-state index contributed by atoms with van der Waals surface area (Å²) in [7, 11) is 0.614. The Bertz CT molecular complexity index is 1120. The van der Waals surface area contributed by atoms with Gasteiger partial charge >= 0.3 is 0 Å². The number of anilines is 1. The van der Waals surface area contributed by atoms with Crippen molar-refractivity contribution < 1.29 is 9.47 Å². The van der Waals surface area contributed by atoms with E-state index in [9.17, 15) is 0 Å². The lowest BCUT2D eigenvalue weighted by atomic mass is 9.88. The maximum absolute atomic E-state index is 6.08. The summed E-state index contributed by atoms with van der Waals surface area (Å²) < 4.78 is 11.5. The van der Waals surface area contributed by atoms with Crippen molar-refractivity contribution in [3.63, 3.8) is 0 Å². The second-order valence-corrected chi connectivity index (χ2v) is 16.1. The van der Waals surface area contributed by atoms with Gasteiger partial charge in [0.2, 0.25) is 0 Å². The summed E-state index contributed by atoms with van der Waals surface area (Å²) in [6.45, 7) is 10.0. The molecule has 0 spiro atoms. The number of pyridine rings is 2. The second kappa shape index (κ2) is 10.0. The normalized spacial score (nSPS) is 22.1. The number of fused-ring (bicyclic) bond motifs is 1. The van der Waals surface area contributed by atoms with Crippen LogP contribution < -0.4 is 4.90 Å². The highest BCUT2D eigenvalue weighted by atomic mass is 28.3. The molecule has 35 heavy (non-hydrogen) atoms. The maximum Gasteiger partial charge on any atom is 0.135 e. The standard InChI is InChI=1S/C26H34N6O2Si/c1-33-21-16-31(17-21)25-12-19(7-9-28-25)26-22-13-23(20-6-5-8-27-14-20)29-15-24(22)32(30-26)18-34-10-11-35(2,3)4/h5-9,12-15,21-22,24H,10-11,16-18H2,1-4H3. The van der Waals surface area contributed by atoms with Crippen LogP contribution in [0.1, 0.15) is 11.1 Å². The molecule has 5 heterocycles. The van der Waals surface area contributed by atoms with Crippen molar-refractivity contribution >= 4 is 31.5 Å². The zero-order valence-electron chi connectivity index (χ0n) is 21.0. The monoisotopic (exact) mass is 490 g/mol. The zero-order valence-corrected chi connectivity index (χ0v) is 22.0. The summed E-state index contributed by atoms with van der Waals surface area (Å²) >= 11 is 0. The molecule has 0 aliphatic carbocycles. The minimum atomic E-state index is -1.15. The lowest BCUT2D eigenvalue weighted by Crippen LogP contribution is -2.52. The fraction of sp³-hybridized carbons (Fsp3) is 0.462.